The number of amides is 1. The Morgan fingerprint density at radius 1 is 1.19 bits per heavy atom. The van der Waals surface area contributed by atoms with E-state index in [4.69, 9.17) is 9.73 Å². The maximum atomic E-state index is 12.3. The SMILES string of the molecule is CCNC(=NCC(C(C)C)N1CCOCC1)NCCCN1CCCC1C(=O)N(C)C.I. The summed E-state index contributed by atoms with van der Waals surface area (Å²) in [5.74, 6) is 1.67. The number of rotatable bonds is 10. The molecule has 9 heteroatoms. The maximum absolute atomic E-state index is 12.3. The molecule has 0 bridgehead atoms. The first-order valence-electron chi connectivity index (χ1n) is 11.7. The second-order valence-electron chi connectivity index (χ2n) is 8.89. The Hall–Kier alpha value is -0.650. The van der Waals surface area contributed by atoms with Crippen molar-refractivity contribution < 1.29 is 9.53 Å². The Morgan fingerprint density at radius 3 is 2.52 bits per heavy atom. The number of carbonyl (C=O) groups is 1. The number of aliphatic imine (C=N–C) groups is 1. The highest BCUT2D eigenvalue weighted by Gasteiger charge is 2.31. The van der Waals surface area contributed by atoms with E-state index in [0.717, 1.165) is 84.2 Å². The molecule has 2 unspecified atom stereocenters. The predicted molar refractivity (Wildman–Crippen MR) is 138 cm³/mol. The van der Waals surface area contributed by atoms with Gasteiger partial charge < -0.3 is 20.3 Å². The molecule has 0 aromatic heterocycles. The average Bonchev–Trinajstić information content (AvgIpc) is 3.19. The first kappa shape index (κ1) is 28.4. The van der Waals surface area contributed by atoms with Gasteiger partial charge in [-0.05, 0) is 38.6 Å². The number of nitrogens with one attached hydrogen (secondary N) is 2. The Labute approximate surface area is 206 Å². The molecule has 2 aliphatic heterocycles. The van der Waals surface area contributed by atoms with Crippen molar-refractivity contribution in [3.05, 3.63) is 0 Å². The zero-order valence-electron chi connectivity index (χ0n) is 20.2. The van der Waals surface area contributed by atoms with Crippen LogP contribution in [-0.2, 0) is 9.53 Å². The third-order valence-corrected chi connectivity index (χ3v) is 6.07. The van der Waals surface area contributed by atoms with Crippen LogP contribution in [0.4, 0.5) is 0 Å². The van der Waals surface area contributed by atoms with Crippen LogP contribution in [0, 0.1) is 5.92 Å². The van der Waals surface area contributed by atoms with E-state index in [9.17, 15) is 4.79 Å². The van der Waals surface area contributed by atoms with Gasteiger partial charge in [-0.3, -0.25) is 19.6 Å². The topological polar surface area (TPSA) is 72.4 Å². The van der Waals surface area contributed by atoms with E-state index in [2.05, 4.69) is 41.2 Å². The number of ether oxygens (including phenoxy) is 1. The lowest BCUT2D eigenvalue weighted by Gasteiger charge is -2.36. The molecule has 0 aromatic rings. The number of hydrogen-bond donors (Lipinski definition) is 2. The molecule has 0 spiro atoms. The predicted octanol–water partition coefficient (Wildman–Crippen LogP) is 1.46. The van der Waals surface area contributed by atoms with Crippen LogP contribution < -0.4 is 10.6 Å². The van der Waals surface area contributed by atoms with Crippen molar-refractivity contribution in [2.45, 2.75) is 52.1 Å². The fourth-order valence-electron chi connectivity index (χ4n) is 4.34. The van der Waals surface area contributed by atoms with Crippen molar-refractivity contribution in [1.29, 1.82) is 0 Å². The molecule has 0 saturated carbocycles. The van der Waals surface area contributed by atoms with E-state index in [-0.39, 0.29) is 35.9 Å². The lowest BCUT2D eigenvalue weighted by Crippen LogP contribution is -2.48. The molecule has 2 fully saturated rings. The Kier molecular flexibility index (Phi) is 13.9. The molecular weight excluding hydrogens is 507 g/mol. The van der Waals surface area contributed by atoms with Gasteiger partial charge in [-0.1, -0.05) is 13.8 Å². The third-order valence-electron chi connectivity index (χ3n) is 6.07. The van der Waals surface area contributed by atoms with Crippen LogP contribution in [0.3, 0.4) is 0 Å². The molecule has 8 nitrogen and oxygen atoms in total. The van der Waals surface area contributed by atoms with E-state index in [0.29, 0.717) is 12.0 Å². The highest BCUT2D eigenvalue weighted by molar-refractivity contribution is 14.0. The molecule has 2 heterocycles. The summed E-state index contributed by atoms with van der Waals surface area (Å²) in [6.07, 6.45) is 3.09. The Balaban J connectivity index is 0.00000480. The molecule has 2 aliphatic rings. The van der Waals surface area contributed by atoms with E-state index in [1.807, 2.05) is 14.1 Å². The molecule has 1 amide bonds. The first-order valence-corrected chi connectivity index (χ1v) is 11.7. The van der Waals surface area contributed by atoms with Gasteiger partial charge >= 0.3 is 0 Å². The number of likely N-dealkylation sites (tertiary alicyclic amines) is 1. The summed E-state index contributed by atoms with van der Waals surface area (Å²) in [5.41, 5.74) is 0. The van der Waals surface area contributed by atoms with Crippen LogP contribution in [0.1, 0.15) is 40.0 Å². The van der Waals surface area contributed by atoms with Crippen molar-refractivity contribution in [2.75, 3.05) is 73.1 Å². The highest BCUT2D eigenvalue weighted by Crippen LogP contribution is 2.18. The fraction of sp³-hybridized carbons (Fsp3) is 0.909. The molecule has 0 aliphatic carbocycles. The lowest BCUT2D eigenvalue weighted by atomic mass is 10.0. The molecule has 2 N–H and O–H groups in total. The monoisotopic (exact) mass is 552 g/mol. The normalized spacial score (nSPS) is 21.6. The zero-order valence-corrected chi connectivity index (χ0v) is 22.6. The standard InChI is InChI=1S/C22H44N6O2.HI/c1-6-23-22(25-17-20(18(2)3)28-13-15-30-16-14-28)24-10-8-12-27-11-7-9-19(27)21(29)26(4)5;/h18-20H,6-17H2,1-5H3,(H2,23,24,25);1H. The second-order valence-corrected chi connectivity index (χ2v) is 8.89. The summed E-state index contributed by atoms with van der Waals surface area (Å²) >= 11 is 0. The summed E-state index contributed by atoms with van der Waals surface area (Å²) in [7, 11) is 3.70. The van der Waals surface area contributed by atoms with Crippen LogP contribution in [-0.4, -0.2) is 112 Å². The van der Waals surface area contributed by atoms with Gasteiger partial charge in [0.15, 0.2) is 5.96 Å². The summed E-state index contributed by atoms with van der Waals surface area (Å²) in [4.78, 5) is 23.8. The largest absolute Gasteiger partial charge is 0.379 e. The number of likely N-dealkylation sites (N-methyl/N-ethyl adjacent to an activating group) is 1. The van der Waals surface area contributed by atoms with Crippen molar-refractivity contribution >= 4 is 35.8 Å². The number of nitrogens with zero attached hydrogens (tertiary/aromatic N) is 4. The summed E-state index contributed by atoms with van der Waals surface area (Å²) in [5, 5.41) is 6.85. The Bertz CT molecular complexity index is 540. The van der Waals surface area contributed by atoms with Crippen LogP contribution in [0.25, 0.3) is 0 Å². The zero-order chi connectivity index (χ0) is 21.9. The van der Waals surface area contributed by atoms with Crippen LogP contribution in [0.15, 0.2) is 4.99 Å². The van der Waals surface area contributed by atoms with E-state index in [1.54, 1.807) is 4.90 Å². The number of carbonyl (C=O) groups excluding carboxylic acids is 1. The minimum atomic E-state index is 0. The van der Waals surface area contributed by atoms with Crippen LogP contribution in [0.5, 0.6) is 0 Å². The minimum absolute atomic E-state index is 0. The van der Waals surface area contributed by atoms with Crippen molar-refractivity contribution in [2.24, 2.45) is 10.9 Å². The summed E-state index contributed by atoms with van der Waals surface area (Å²) in [6.45, 7) is 14.7. The smallest absolute Gasteiger partial charge is 0.239 e. The van der Waals surface area contributed by atoms with Gasteiger partial charge in [0.05, 0.1) is 25.8 Å². The van der Waals surface area contributed by atoms with Gasteiger partial charge in [-0.25, -0.2) is 0 Å². The average molecular weight is 553 g/mol. The first-order chi connectivity index (χ1) is 14.4. The van der Waals surface area contributed by atoms with Gasteiger partial charge in [0.25, 0.3) is 0 Å². The third kappa shape index (κ3) is 9.39. The number of morpholine rings is 1. The molecule has 0 radical (unpaired) electrons. The van der Waals surface area contributed by atoms with Gasteiger partial charge in [0.1, 0.15) is 0 Å². The Morgan fingerprint density at radius 2 is 1.90 bits per heavy atom. The van der Waals surface area contributed by atoms with E-state index < -0.39 is 0 Å². The fourth-order valence-corrected chi connectivity index (χ4v) is 4.34. The highest BCUT2D eigenvalue weighted by atomic mass is 127. The van der Waals surface area contributed by atoms with Crippen LogP contribution in [0.2, 0.25) is 0 Å². The van der Waals surface area contributed by atoms with Crippen molar-refractivity contribution in [3.63, 3.8) is 0 Å². The van der Waals surface area contributed by atoms with E-state index >= 15 is 0 Å². The van der Waals surface area contributed by atoms with Gasteiger partial charge in [0, 0.05) is 52.9 Å². The molecule has 0 aromatic carbocycles. The summed E-state index contributed by atoms with van der Waals surface area (Å²) < 4.78 is 5.51. The van der Waals surface area contributed by atoms with Crippen molar-refractivity contribution in [3.8, 4) is 0 Å². The molecule has 31 heavy (non-hydrogen) atoms. The van der Waals surface area contributed by atoms with Gasteiger partial charge in [-0.15, -0.1) is 24.0 Å². The molecule has 2 rings (SSSR count). The quantitative estimate of drug-likeness (QED) is 0.185. The number of halogens is 1. The second kappa shape index (κ2) is 15.2. The van der Waals surface area contributed by atoms with E-state index in [1.165, 1.54) is 0 Å². The molecular formula is C22H45IN6O2. The lowest BCUT2D eigenvalue weighted by molar-refractivity contribution is -0.133. The summed E-state index contributed by atoms with van der Waals surface area (Å²) in [6, 6.07) is 0.494. The van der Waals surface area contributed by atoms with Gasteiger partial charge in [0.2, 0.25) is 5.91 Å². The van der Waals surface area contributed by atoms with Gasteiger partial charge in [-0.2, -0.15) is 0 Å². The minimum Gasteiger partial charge on any atom is -0.379 e. The molecule has 182 valence electrons. The van der Waals surface area contributed by atoms with Crippen LogP contribution >= 0.6 is 24.0 Å². The molecule has 2 atom stereocenters. The molecule has 2 saturated heterocycles. The number of guanidine groups is 1. The number of hydrogen-bond acceptors (Lipinski definition) is 5. The van der Waals surface area contributed by atoms with Crippen molar-refractivity contribution in [1.82, 2.24) is 25.3 Å². The maximum Gasteiger partial charge on any atom is 0.239 e.